The molecule has 0 atom stereocenters. The van der Waals surface area contributed by atoms with Crippen molar-refractivity contribution >= 4 is 5.84 Å². The highest BCUT2D eigenvalue weighted by atomic mass is 14.8. The first kappa shape index (κ1) is 13.8. The summed E-state index contributed by atoms with van der Waals surface area (Å²) in [6.07, 6.45) is 8.01. The Bertz CT molecular complexity index is 248. The number of rotatable bonds is 7. The minimum atomic E-state index is 0. The molecule has 15 heavy (non-hydrogen) atoms. The third-order valence-electron chi connectivity index (χ3n) is 1.98. The average molecular weight is 213 g/mol. The number of hydrogen-bond acceptors (Lipinski definition) is 2. The summed E-state index contributed by atoms with van der Waals surface area (Å²) in [6, 6.07) is 0. The molecule has 0 aliphatic heterocycles. The molecule has 0 unspecified atom stereocenters. The lowest BCUT2D eigenvalue weighted by Gasteiger charge is -2.02. The number of aliphatic imine (C=N–C) groups is 1. The van der Waals surface area contributed by atoms with Crippen molar-refractivity contribution in [2.45, 2.75) is 33.6 Å². The minimum Gasteiger partial charge on any atom is -0.391 e. The van der Waals surface area contributed by atoms with Gasteiger partial charge in [0.2, 0.25) is 0 Å². The summed E-state index contributed by atoms with van der Waals surface area (Å²) in [5.74, 6) is 0.678. The maximum absolute atomic E-state index is 5.82. The molecule has 0 spiro atoms. The Labute approximate surface area is 96.1 Å². The van der Waals surface area contributed by atoms with E-state index in [1.807, 2.05) is 13.1 Å². The van der Waals surface area contributed by atoms with Crippen LogP contribution < -0.4 is 11.1 Å². The molecule has 0 aliphatic carbocycles. The Kier molecular flexibility index (Phi) is 8.53. The van der Waals surface area contributed by atoms with Crippen LogP contribution in [0.2, 0.25) is 0 Å². The van der Waals surface area contributed by atoms with Gasteiger partial charge in [0.1, 0.15) is 5.84 Å². The van der Waals surface area contributed by atoms with Crippen LogP contribution in [0.25, 0.3) is 0 Å². The van der Waals surface area contributed by atoms with Gasteiger partial charge >= 0.3 is 0 Å². The SMILES string of the molecule is CCN=C(N)/C(=C\C/C=C/NCC)CC.[HH].[HH]. The molecule has 0 aromatic carbocycles. The monoisotopic (exact) mass is 213 g/mol. The number of nitrogens with two attached hydrogens (primary N) is 1. The van der Waals surface area contributed by atoms with E-state index in [2.05, 4.69) is 36.3 Å². The molecule has 0 aromatic rings. The molecule has 3 nitrogen and oxygen atoms in total. The molecule has 0 bridgehead atoms. The summed E-state index contributed by atoms with van der Waals surface area (Å²) < 4.78 is 0. The fraction of sp³-hybridized carbons (Fsp3) is 0.583. The van der Waals surface area contributed by atoms with Gasteiger partial charge in [0.05, 0.1) is 0 Å². The molecule has 3 N–H and O–H groups in total. The van der Waals surface area contributed by atoms with E-state index in [-0.39, 0.29) is 2.85 Å². The van der Waals surface area contributed by atoms with Gasteiger partial charge in [0.25, 0.3) is 0 Å². The van der Waals surface area contributed by atoms with Crippen LogP contribution in [0.3, 0.4) is 0 Å². The molecule has 0 radical (unpaired) electrons. The predicted octanol–water partition coefficient (Wildman–Crippen LogP) is 2.71. The molecular formula is C12H27N3. The zero-order valence-electron chi connectivity index (χ0n) is 10.1. The van der Waals surface area contributed by atoms with Crippen LogP contribution >= 0.6 is 0 Å². The Morgan fingerprint density at radius 2 is 2.13 bits per heavy atom. The second-order valence-electron chi connectivity index (χ2n) is 3.14. The van der Waals surface area contributed by atoms with Gasteiger partial charge < -0.3 is 11.1 Å². The smallest absolute Gasteiger partial charge is 0.121 e. The molecule has 0 saturated carbocycles. The zero-order valence-corrected chi connectivity index (χ0v) is 10.1. The summed E-state index contributed by atoms with van der Waals surface area (Å²) in [7, 11) is 0. The van der Waals surface area contributed by atoms with Crippen LogP contribution in [0.15, 0.2) is 28.9 Å². The van der Waals surface area contributed by atoms with Crippen molar-refractivity contribution in [2.75, 3.05) is 13.1 Å². The van der Waals surface area contributed by atoms with E-state index in [1.165, 1.54) is 0 Å². The second kappa shape index (κ2) is 9.31. The maximum atomic E-state index is 5.82. The van der Waals surface area contributed by atoms with Crippen molar-refractivity contribution in [3.05, 3.63) is 23.9 Å². The van der Waals surface area contributed by atoms with Crippen LogP contribution in [-0.4, -0.2) is 18.9 Å². The summed E-state index contributed by atoms with van der Waals surface area (Å²) >= 11 is 0. The summed E-state index contributed by atoms with van der Waals surface area (Å²) in [4.78, 5) is 4.20. The molecule has 0 aromatic heterocycles. The lowest BCUT2D eigenvalue weighted by molar-refractivity contribution is 0.914. The van der Waals surface area contributed by atoms with Gasteiger partial charge in [-0.25, -0.2) is 0 Å². The van der Waals surface area contributed by atoms with Crippen molar-refractivity contribution in [1.82, 2.24) is 5.32 Å². The number of nitrogens with one attached hydrogen (secondary N) is 1. The molecule has 0 saturated heterocycles. The van der Waals surface area contributed by atoms with E-state index in [4.69, 9.17) is 5.73 Å². The highest BCUT2D eigenvalue weighted by Gasteiger charge is 1.97. The van der Waals surface area contributed by atoms with Crippen molar-refractivity contribution in [3.63, 3.8) is 0 Å². The second-order valence-corrected chi connectivity index (χ2v) is 3.14. The third kappa shape index (κ3) is 6.77. The van der Waals surface area contributed by atoms with Gasteiger partial charge in [-0.2, -0.15) is 0 Å². The van der Waals surface area contributed by atoms with Crippen LogP contribution in [0.4, 0.5) is 0 Å². The lowest BCUT2D eigenvalue weighted by Crippen LogP contribution is -2.14. The number of nitrogens with zero attached hydrogens (tertiary/aromatic N) is 1. The third-order valence-corrected chi connectivity index (χ3v) is 1.98. The predicted molar refractivity (Wildman–Crippen MR) is 72.2 cm³/mol. The molecule has 0 aliphatic rings. The molecule has 90 valence electrons. The highest BCUT2D eigenvalue weighted by Crippen LogP contribution is 2.03. The fourth-order valence-electron chi connectivity index (χ4n) is 1.18. The van der Waals surface area contributed by atoms with Gasteiger partial charge in [-0.15, -0.1) is 0 Å². The Hall–Kier alpha value is -1.25. The Morgan fingerprint density at radius 1 is 1.40 bits per heavy atom. The van der Waals surface area contributed by atoms with Gasteiger partial charge in [-0.3, -0.25) is 4.99 Å². The van der Waals surface area contributed by atoms with E-state index in [0.29, 0.717) is 5.84 Å². The molecule has 0 rings (SSSR count). The van der Waals surface area contributed by atoms with Crippen molar-refractivity contribution < 1.29 is 2.85 Å². The average Bonchev–Trinajstić information content (AvgIpc) is 2.23. The largest absolute Gasteiger partial charge is 0.391 e. The molecule has 0 heterocycles. The number of hydrogen-bond donors (Lipinski definition) is 2. The summed E-state index contributed by atoms with van der Waals surface area (Å²) in [5.41, 5.74) is 6.96. The zero-order chi connectivity index (χ0) is 11.5. The molecule has 3 heteroatoms. The molecule has 0 fully saturated rings. The topological polar surface area (TPSA) is 50.4 Å². The van der Waals surface area contributed by atoms with Crippen molar-refractivity contribution in [3.8, 4) is 0 Å². The van der Waals surface area contributed by atoms with E-state index in [0.717, 1.165) is 31.5 Å². The van der Waals surface area contributed by atoms with Gasteiger partial charge in [-0.1, -0.05) is 19.1 Å². The first-order valence-electron chi connectivity index (χ1n) is 5.63. The maximum Gasteiger partial charge on any atom is 0.121 e. The molecule has 0 amide bonds. The van der Waals surface area contributed by atoms with Crippen LogP contribution in [0.1, 0.15) is 36.5 Å². The summed E-state index contributed by atoms with van der Waals surface area (Å²) in [5, 5.41) is 3.12. The minimum absolute atomic E-state index is 0. The van der Waals surface area contributed by atoms with Gasteiger partial charge in [-0.05, 0) is 38.5 Å². The van der Waals surface area contributed by atoms with E-state index >= 15 is 0 Å². The normalized spacial score (nSPS) is 13.5. The lowest BCUT2D eigenvalue weighted by atomic mass is 10.1. The summed E-state index contributed by atoms with van der Waals surface area (Å²) in [6.45, 7) is 7.86. The van der Waals surface area contributed by atoms with Crippen molar-refractivity contribution in [2.24, 2.45) is 10.7 Å². The first-order chi connectivity index (χ1) is 7.26. The first-order valence-corrected chi connectivity index (χ1v) is 5.63. The standard InChI is InChI=1S/C12H23N3.2H2/c1-4-11(12(13)15-6-3)9-7-8-10-14-5-2;;/h8-10,14H,4-7H2,1-3H3,(H2,13,15);2*1H/b10-8+,11-9-;;. The number of allylic oxidation sites excluding steroid dienone is 2. The van der Waals surface area contributed by atoms with Crippen molar-refractivity contribution in [1.29, 1.82) is 0 Å². The van der Waals surface area contributed by atoms with Crippen LogP contribution in [-0.2, 0) is 0 Å². The van der Waals surface area contributed by atoms with Gasteiger partial charge in [0, 0.05) is 15.9 Å². The van der Waals surface area contributed by atoms with Gasteiger partial charge in [0.15, 0.2) is 0 Å². The van der Waals surface area contributed by atoms with Crippen LogP contribution in [0, 0.1) is 0 Å². The van der Waals surface area contributed by atoms with E-state index < -0.39 is 0 Å². The Morgan fingerprint density at radius 3 is 2.67 bits per heavy atom. The Balaban J connectivity index is -0.000000980. The van der Waals surface area contributed by atoms with E-state index in [1.54, 1.807) is 0 Å². The van der Waals surface area contributed by atoms with Crippen LogP contribution in [0.5, 0.6) is 0 Å². The van der Waals surface area contributed by atoms with E-state index in [9.17, 15) is 0 Å². The highest BCUT2D eigenvalue weighted by molar-refractivity contribution is 5.96. The fourth-order valence-corrected chi connectivity index (χ4v) is 1.18. The quantitative estimate of drug-likeness (QED) is 0.504. The number of amidine groups is 1. The molecular weight excluding hydrogens is 186 g/mol.